The van der Waals surface area contributed by atoms with E-state index in [-0.39, 0.29) is 24.3 Å². The van der Waals surface area contributed by atoms with Crippen molar-refractivity contribution >= 4 is 28.4 Å². The summed E-state index contributed by atoms with van der Waals surface area (Å²) in [4.78, 5) is 26.5. The van der Waals surface area contributed by atoms with E-state index in [4.69, 9.17) is 0 Å². The average molecular weight is 348 g/mol. The van der Waals surface area contributed by atoms with Gasteiger partial charge >= 0.3 is 0 Å². The molecule has 2 N–H and O–H groups in total. The van der Waals surface area contributed by atoms with Crippen LogP contribution in [0, 0.1) is 0 Å². The van der Waals surface area contributed by atoms with Gasteiger partial charge in [-0.3, -0.25) is 14.7 Å². The third-order valence-electron chi connectivity index (χ3n) is 4.92. The van der Waals surface area contributed by atoms with Crippen molar-refractivity contribution in [2.24, 2.45) is 0 Å². The minimum absolute atomic E-state index is 0.00267. The number of nitrogens with zero attached hydrogens (tertiary/aromatic N) is 2. The number of amides is 2. The van der Waals surface area contributed by atoms with Gasteiger partial charge in [0.15, 0.2) is 0 Å². The number of carbonyl (C=O) groups is 2. The van der Waals surface area contributed by atoms with Crippen LogP contribution in [0.5, 0.6) is 0 Å². The van der Waals surface area contributed by atoms with Crippen LogP contribution in [0.3, 0.4) is 0 Å². The van der Waals surface area contributed by atoms with Gasteiger partial charge in [-0.25, -0.2) is 0 Å². The topological polar surface area (TPSA) is 78.1 Å². The maximum absolute atomic E-state index is 12.7. The Hall–Kier alpha value is -3.15. The minimum Gasteiger partial charge on any atom is -0.335 e. The SMILES string of the molecule is CC(=O)N1CCc2ccccc2[C@H]1CC(=O)Nc1ccc2[nH]ncc2c1. The normalized spacial score (nSPS) is 16.3. The van der Waals surface area contributed by atoms with Gasteiger partial charge in [-0.2, -0.15) is 5.10 Å². The number of hydrogen-bond donors (Lipinski definition) is 2. The number of H-pyrrole nitrogens is 1. The molecule has 1 atom stereocenters. The Morgan fingerprint density at radius 2 is 2.12 bits per heavy atom. The van der Waals surface area contributed by atoms with Gasteiger partial charge in [-0.15, -0.1) is 0 Å². The van der Waals surface area contributed by atoms with Crippen LogP contribution in [0.1, 0.15) is 30.5 Å². The molecule has 26 heavy (non-hydrogen) atoms. The Kier molecular flexibility index (Phi) is 4.16. The van der Waals surface area contributed by atoms with Crippen LogP contribution in [0.25, 0.3) is 10.9 Å². The van der Waals surface area contributed by atoms with Crippen molar-refractivity contribution < 1.29 is 9.59 Å². The lowest BCUT2D eigenvalue weighted by Crippen LogP contribution is -2.40. The molecular weight excluding hydrogens is 328 g/mol. The maximum Gasteiger partial charge on any atom is 0.226 e. The molecule has 1 aliphatic rings. The second-order valence-corrected chi connectivity index (χ2v) is 6.60. The third kappa shape index (κ3) is 3.06. The van der Waals surface area contributed by atoms with E-state index in [9.17, 15) is 9.59 Å². The summed E-state index contributed by atoms with van der Waals surface area (Å²) in [6.45, 7) is 2.21. The molecule has 0 unspecified atom stereocenters. The molecule has 6 nitrogen and oxygen atoms in total. The molecule has 0 aliphatic carbocycles. The molecule has 6 heteroatoms. The molecule has 0 spiro atoms. The molecule has 1 aliphatic heterocycles. The van der Waals surface area contributed by atoms with Crippen molar-refractivity contribution in [2.45, 2.75) is 25.8 Å². The van der Waals surface area contributed by atoms with Gasteiger partial charge in [0.05, 0.1) is 24.2 Å². The summed E-state index contributed by atoms with van der Waals surface area (Å²) >= 11 is 0. The van der Waals surface area contributed by atoms with Crippen molar-refractivity contribution in [3.63, 3.8) is 0 Å². The highest BCUT2D eigenvalue weighted by molar-refractivity contribution is 5.94. The summed E-state index contributed by atoms with van der Waals surface area (Å²) in [7, 11) is 0. The fraction of sp³-hybridized carbons (Fsp3) is 0.250. The Balaban J connectivity index is 1.55. The standard InChI is InChI=1S/C20H20N4O2/c1-13(25)24-9-8-14-4-2-3-5-17(14)19(24)11-20(26)22-16-6-7-18-15(10-16)12-21-23-18/h2-7,10,12,19H,8-9,11H2,1H3,(H,21,23)(H,22,26)/t19-/m1/s1. The molecule has 2 amide bonds. The highest BCUT2D eigenvalue weighted by Crippen LogP contribution is 2.32. The van der Waals surface area contributed by atoms with Crippen LogP contribution in [0.15, 0.2) is 48.7 Å². The number of carbonyl (C=O) groups excluding carboxylic acids is 2. The van der Waals surface area contributed by atoms with Crippen molar-refractivity contribution in [3.05, 3.63) is 59.8 Å². The van der Waals surface area contributed by atoms with Crippen LogP contribution in [-0.4, -0.2) is 33.5 Å². The van der Waals surface area contributed by atoms with Gasteiger partial charge in [-0.05, 0) is 35.7 Å². The largest absolute Gasteiger partial charge is 0.335 e. The fourth-order valence-corrected chi connectivity index (χ4v) is 3.66. The lowest BCUT2D eigenvalue weighted by atomic mass is 9.90. The molecule has 0 radical (unpaired) electrons. The zero-order valence-corrected chi connectivity index (χ0v) is 14.5. The number of anilines is 1. The van der Waals surface area contributed by atoms with Crippen LogP contribution in [0.2, 0.25) is 0 Å². The van der Waals surface area contributed by atoms with Gasteiger partial charge in [-0.1, -0.05) is 24.3 Å². The highest BCUT2D eigenvalue weighted by Gasteiger charge is 2.30. The Morgan fingerprint density at radius 1 is 1.27 bits per heavy atom. The summed E-state index contributed by atoms with van der Waals surface area (Å²) < 4.78 is 0. The van der Waals surface area contributed by atoms with E-state index in [1.165, 1.54) is 5.56 Å². The Bertz CT molecular complexity index is 979. The number of aromatic nitrogens is 2. The first-order valence-corrected chi connectivity index (χ1v) is 8.70. The van der Waals surface area contributed by atoms with Crippen molar-refractivity contribution in [1.82, 2.24) is 15.1 Å². The summed E-state index contributed by atoms with van der Waals surface area (Å²) in [5.41, 5.74) is 3.92. The maximum atomic E-state index is 12.7. The Morgan fingerprint density at radius 3 is 2.96 bits per heavy atom. The number of benzene rings is 2. The van der Waals surface area contributed by atoms with Crippen molar-refractivity contribution in [3.8, 4) is 0 Å². The smallest absolute Gasteiger partial charge is 0.226 e. The number of rotatable bonds is 3. The molecule has 0 saturated heterocycles. The molecule has 2 heterocycles. The highest BCUT2D eigenvalue weighted by atomic mass is 16.2. The van der Waals surface area contributed by atoms with Gasteiger partial charge in [0.2, 0.25) is 11.8 Å². The molecule has 3 aromatic rings. The third-order valence-corrected chi connectivity index (χ3v) is 4.92. The van der Waals surface area contributed by atoms with E-state index in [0.717, 1.165) is 28.6 Å². The quantitative estimate of drug-likeness (QED) is 0.764. The number of nitrogens with one attached hydrogen (secondary N) is 2. The van der Waals surface area contributed by atoms with Crippen LogP contribution >= 0.6 is 0 Å². The van der Waals surface area contributed by atoms with E-state index < -0.39 is 0 Å². The zero-order chi connectivity index (χ0) is 18.1. The lowest BCUT2D eigenvalue weighted by Gasteiger charge is -2.36. The molecule has 4 rings (SSSR count). The molecule has 1 aromatic heterocycles. The molecule has 2 aromatic carbocycles. The zero-order valence-electron chi connectivity index (χ0n) is 14.5. The predicted molar refractivity (Wildman–Crippen MR) is 99.6 cm³/mol. The molecule has 0 fully saturated rings. The van der Waals surface area contributed by atoms with Gasteiger partial charge in [0.1, 0.15) is 0 Å². The Labute approximate surface area is 151 Å². The second-order valence-electron chi connectivity index (χ2n) is 6.60. The molecular formula is C20H20N4O2. The molecule has 0 saturated carbocycles. The second kappa shape index (κ2) is 6.63. The molecule has 0 bridgehead atoms. The van der Waals surface area contributed by atoms with Gasteiger partial charge in [0.25, 0.3) is 0 Å². The number of fused-ring (bicyclic) bond motifs is 2. The van der Waals surface area contributed by atoms with E-state index in [1.807, 2.05) is 36.4 Å². The van der Waals surface area contributed by atoms with Gasteiger partial charge in [0, 0.05) is 24.5 Å². The first kappa shape index (κ1) is 16.3. The van der Waals surface area contributed by atoms with E-state index in [2.05, 4.69) is 21.6 Å². The first-order chi connectivity index (χ1) is 12.6. The minimum atomic E-state index is -0.227. The van der Waals surface area contributed by atoms with Gasteiger partial charge < -0.3 is 10.2 Å². The average Bonchev–Trinajstić information content (AvgIpc) is 3.09. The predicted octanol–water partition coefficient (Wildman–Crippen LogP) is 3.04. The van der Waals surface area contributed by atoms with Crippen LogP contribution < -0.4 is 5.32 Å². The van der Waals surface area contributed by atoms with Crippen LogP contribution in [-0.2, 0) is 16.0 Å². The van der Waals surface area contributed by atoms with E-state index in [1.54, 1.807) is 18.0 Å². The van der Waals surface area contributed by atoms with Crippen molar-refractivity contribution in [2.75, 3.05) is 11.9 Å². The number of hydrogen-bond acceptors (Lipinski definition) is 3. The monoisotopic (exact) mass is 348 g/mol. The summed E-state index contributed by atoms with van der Waals surface area (Å²) in [5.74, 6) is -0.113. The number of aromatic amines is 1. The lowest BCUT2D eigenvalue weighted by molar-refractivity contribution is -0.132. The summed E-state index contributed by atoms with van der Waals surface area (Å²) in [5, 5.41) is 10.8. The molecule has 132 valence electrons. The first-order valence-electron chi connectivity index (χ1n) is 8.70. The van der Waals surface area contributed by atoms with Crippen molar-refractivity contribution in [1.29, 1.82) is 0 Å². The summed E-state index contributed by atoms with van der Waals surface area (Å²) in [6.07, 6.45) is 2.78. The van der Waals surface area contributed by atoms with Crippen LogP contribution in [0.4, 0.5) is 5.69 Å². The summed E-state index contributed by atoms with van der Waals surface area (Å²) in [6, 6.07) is 13.4. The van der Waals surface area contributed by atoms with E-state index >= 15 is 0 Å². The fourth-order valence-electron chi connectivity index (χ4n) is 3.66. The van der Waals surface area contributed by atoms with E-state index in [0.29, 0.717) is 6.54 Å².